The standard InChI is InChI=1S/C17H18O4.C2H6/c18-16(17(19)20)13-6-5-12-10-15(8-7-11(12)9-13)21-14-3-1-2-4-14;1-2/h5-10,14,16,18H,1-4H2,(H,19,20);1-2H3. The predicted molar refractivity (Wildman–Crippen MR) is 90.8 cm³/mol. The van der Waals surface area contributed by atoms with Crippen LogP contribution in [0.3, 0.4) is 0 Å². The highest BCUT2D eigenvalue weighted by Crippen LogP contribution is 2.28. The molecule has 4 nitrogen and oxygen atoms in total. The number of fused-ring (bicyclic) bond motifs is 1. The molecule has 0 heterocycles. The smallest absolute Gasteiger partial charge is 0.337 e. The fourth-order valence-corrected chi connectivity index (χ4v) is 2.83. The van der Waals surface area contributed by atoms with Crippen LogP contribution in [0.25, 0.3) is 10.8 Å². The van der Waals surface area contributed by atoms with Gasteiger partial charge in [-0.1, -0.05) is 32.0 Å². The Morgan fingerprint density at radius 2 is 1.70 bits per heavy atom. The van der Waals surface area contributed by atoms with E-state index in [4.69, 9.17) is 9.84 Å². The van der Waals surface area contributed by atoms with Gasteiger partial charge in [-0.05, 0) is 60.2 Å². The minimum Gasteiger partial charge on any atom is -0.490 e. The number of carboxylic acid groups (broad SMARTS) is 1. The van der Waals surface area contributed by atoms with Gasteiger partial charge in [0.05, 0.1) is 6.10 Å². The molecule has 0 amide bonds. The second kappa shape index (κ2) is 7.97. The fraction of sp³-hybridized carbons (Fsp3) is 0.421. The van der Waals surface area contributed by atoms with Gasteiger partial charge in [-0.25, -0.2) is 4.79 Å². The number of rotatable bonds is 4. The summed E-state index contributed by atoms with van der Waals surface area (Å²) in [5, 5.41) is 20.3. The lowest BCUT2D eigenvalue weighted by Crippen LogP contribution is -2.11. The Kier molecular flexibility index (Phi) is 5.99. The number of aliphatic carboxylic acids is 1. The Morgan fingerprint density at radius 1 is 1.09 bits per heavy atom. The molecule has 0 spiro atoms. The van der Waals surface area contributed by atoms with E-state index in [1.54, 1.807) is 12.1 Å². The molecule has 1 fully saturated rings. The highest BCUT2D eigenvalue weighted by molar-refractivity contribution is 5.86. The summed E-state index contributed by atoms with van der Waals surface area (Å²) < 4.78 is 5.96. The zero-order valence-corrected chi connectivity index (χ0v) is 13.7. The van der Waals surface area contributed by atoms with Crippen molar-refractivity contribution in [3.8, 4) is 5.75 Å². The molecule has 0 saturated heterocycles. The van der Waals surface area contributed by atoms with Gasteiger partial charge in [-0.2, -0.15) is 0 Å². The van der Waals surface area contributed by atoms with Gasteiger partial charge in [0, 0.05) is 0 Å². The van der Waals surface area contributed by atoms with Crippen LogP contribution in [-0.4, -0.2) is 22.3 Å². The highest BCUT2D eigenvalue weighted by atomic mass is 16.5. The van der Waals surface area contributed by atoms with Crippen LogP contribution in [0.4, 0.5) is 0 Å². The number of hydrogen-bond acceptors (Lipinski definition) is 3. The Bertz CT molecular complexity index is 659. The van der Waals surface area contributed by atoms with Crippen LogP contribution >= 0.6 is 0 Å². The third-order valence-electron chi connectivity index (χ3n) is 3.99. The van der Waals surface area contributed by atoms with Crippen LogP contribution < -0.4 is 4.74 Å². The summed E-state index contributed by atoms with van der Waals surface area (Å²) in [5.41, 5.74) is 0.388. The van der Waals surface area contributed by atoms with Gasteiger partial charge in [0.2, 0.25) is 0 Å². The summed E-state index contributed by atoms with van der Waals surface area (Å²) in [4.78, 5) is 10.8. The van der Waals surface area contributed by atoms with Crippen LogP contribution in [0.5, 0.6) is 5.75 Å². The van der Waals surface area contributed by atoms with E-state index in [9.17, 15) is 9.90 Å². The molecule has 2 aromatic rings. The summed E-state index contributed by atoms with van der Waals surface area (Å²) in [6, 6.07) is 10.9. The molecule has 1 aliphatic rings. The normalized spacial score (nSPS) is 15.8. The van der Waals surface area contributed by atoms with Crippen LogP contribution in [-0.2, 0) is 4.79 Å². The Hall–Kier alpha value is -2.07. The van der Waals surface area contributed by atoms with E-state index in [1.165, 1.54) is 12.8 Å². The van der Waals surface area contributed by atoms with Crippen molar-refractivity contribution in [1.82, 2.24) is 0 Å². The van der Waals surface area contributed by atoms with Crippen molar-refractivity contribution < 1.29 is 19.7 Å². The Labute approximate surface area is 136 Å². The molecular weight excluding hydrogens is 292 g/mol. The van der Waals surface area contributed by atoms with Crippen LogP contribution in [0.1, 0.15) is 51.2 Å². The molecule has 3 rings (SSSR count). The van der Waals surface area contributed by atoms with Gasteiger partial charge in [0.15, 0.2) is 6.10 Å². The Morgan fingerprint density at radius 3 is 2.35 bits per heavy atom. The first-order chi connectivity index (χ1) is 11.1. The average molecular weight is 316 g/mol. The van der Waals surface area contributed by atoms with E-state index in [2.05, 4.69) is 0 Å². The number of benzene rings is 2. The lowest BCUT2D eigenvalue weighted by atomic mass is 10.0. The van der Waals surface area contributed by atoms with E-state index in [-0.39, 0.29) is 0 Å². The molecule has 1 aliphatic carbocycles. The molecule has 1 saturated carbocycles. The van der Waals surface area contributed by atoms with E-state index >= 15 is 0 Å². The van der Waals surface area contributed by atoms with Crippen molar-refractivity contribution in [2.75, 3.05) is 0 Å². The van der Waals surface area contributed by atoms with Crippen LogP contribution in [0.15, 0.2) is 36.4 Å². The van der Waals surface area contributed by atoms with Crippen molar-refractivity contribution in [1.29, 1.82) is 0 Å². The molecule has 124 valence electrons. The van der Waals surface area contributed by atoms with Crippen molar-refractivity contribution in [2.24, 2.45) is 0 Å². The first-order valence-corrected chi connectivity index (χ1v) is 8.25. The molecule has 2 N–H and O–H groups in total. The van der Waals surface area contributed by atoms with Gasteiger partial charge >= 0.3 is 5.97 Å². The summed E-state index contributed by atoms with van der Waals surface area (Å²) in [6.45, 7) is 4.00. The maximum absolute atomic E-state index is 10.8. The van der Waals surface area contributed by atoms with E-state index in [0.29, 0.717) is 11.7 Å². The van der Waals surface area contributed by atoms with Gasteiger partial charge in [-0.3, -0.25) is 0 Å². The largest absolute Gasteiger partial charge is 0.490 e. The first kappa shape index (κ1) is 17.3. The van der Waals surface area contributed by atoms with E-state index in [0.717, 1.165) is 29.4 Å². The van der Waals surface area contributed by atoms with Gasteiger partial charge < -0.3 is 14.9 Å². The number of carbonyl (C=O) groups is 1. The lowest BCUT2D eigenvalue weighted by Gasteiger charge is -2.14. The monoisotopic (exact) mass is 316 g/mol. The maximum Gasteiger partial charge on any atom is 0.337 e. The van der Waals surface area contributed by atoms with Crippen molar-refractivity contribution >= 4 is 16.7 Å². The molecule has 4 heteroatoms. The zero-order valence-electron chi connectivity index (χ0n) is 13.7. The third-order valence-corrected chi connectivity index (χ3v) is 3.99. The molecule has 1 atom stereocenters. The maximum atomic E-state index is 10.8. The minimum atomic E-state index is -1.48. The average Bonchev–Trinajstić information content (AvgIpc) is 3.08. The molecule has 0 aliphatic heterocycles. The van der Waals surface area contributed by atoms with E-state index in [1.807, 2.05) is 38.1 Å². The second-order valence-electron chi connectivity index (χ2n) is 5.53. The first-order valence-electron chi connectivity index (χ1n) is 8.25. The number of aliphatic hydroxyl groups excluding tert-OH is 1. The molecule has 1 unspecified atom stereocenters. The molecule has 0 radical (unpaired) electrons. The molecule has 0 bridgehead atoms. The van der Waals surface area contributed by atoms with Crippen molar-refractivity contribution in [3.63, 3.8) is 0 Å². The van der Waals surface area contributed by atoms with Crippen molar-refractivity contribution in [3.05, 3.63) is 42.0 Å². The van der Waals surface area contributed by atoms with Crippen LogP contribution in [0.2, 0.25) is 0 Å². The summed E-state index contributed by atoms with van der Waals surface area (Å²) >= 11 is 0. The lowest BCUT2D eigenvalue weighted by molar-refractivity contribution is -0.146. The summed E-state index contributed by atoms with van der Waals surface area (Å²) in [5.74, 6) is -0.392. The van der Waals surface area contributed by atoms with Gasteiger partial charge in [-0.15, -0.1) is 0 Å². The highest BCUT2D eigenvalue weighted by Gasteiger charge is 2.17. The second-order valence-corrected chi connectivity index (χ2v) is 5.53. The molecular formula is C19H24O4. The number of hydrogen-bond donors (Lipinski definition) is 2. The molecule has 0 aromatic heterocycles. The zero-order chi connectivity index (χ0) is 16.8. The molecule has 2 aromatic carbocycles. The quantitative estimate of drug-likeness (QED) is 0.882. The summed E-state index contributed by atoms with van der Waals surface area (Å²) in [7, 11) is 0. The summed E-state index contributed by atoms with van der Waals surface area (Å²) in [6.07, 6.45) is 3.52. The number of ether oxygens (including phenoxy) is 1. The predicted octanol–water partition coefficient (Wildman–Crippen LogP) is 4.31. The number of carboxylic acids is 1. The minimum absolute atomic E-state index is 0.315. The topological polar surface area (TPSA) is 66.8 Å². The van der Waals surface area contributed by atoms with Crippen LogP contribution in [0, 0.1) is 0 Å². The fourth-order valence-electron chi connectivity index (χ4n) is 2.83. The number of aliphatic hydroxyl groups is 1. The third kappa shape index (κ3) is 4.23. The molecule has 23 heavy (non-hydrogen) atoms. The SMILES string of the molecule is CC.O=C(O)C(O)c1ccc2cc(OC3CCCC3)ccc2c1. The van der Waals surface area contributed by atoms with Gasteiger partial charge in [0.1, 0.15) is 5.75 Å². The Balaban J connectivity index is 0.000000924. The van der Waals surface area contributed by atoms with E-state index < -0.39 is 12.1 Å². The van der Waals surface area contributed by atoms with Gasteiger partial charge in [0.25, 0.3) is 0 Å². The van der Waals surface area contributed by atoms with Crippen molar-refractivity contribution in [2.45, 2.75) is 51.7 Å².